The predicted octanol–water partition coefficient (Wildman–Crippen LogP) is 1.88. The van der Waals surface area contributed by atoms with Crippen molar-refractivity contribution in [2.45, 2.75) is 6.92 Å². The predicted molar refractivity (Wildman–Crippen MR) is 78.8 cm³/mol. The highest BCUT2D eigenvalue weighted by Gasteiger charge is 2.17. The van der Waals surface area contributed by atoms with Crippen LogP contribution in [-0.2, 0) is 4.74 Å². The van der Waals surface area contributed by atoms with E-state index in [1.807, 2.05) is 0 Å². The summed E-state index contributed by atoms with van der Waals surface area (Å²) in [5, 5.41) is 14.7. The molecule has 0 fully saturated rings. The third-order valence-electron chi connectivity index (χ3n) is 3.14. The molecule has 3 heterocycles. The molecule has 0 unspecified atom stereocenters. The number of nitrogens with zero attached hydrogens (tertiary/aromatic N) is 5. The van der Waals surface area contributed by atoms with Crippen LogP contribution in [0.15, 0.2) is 36.9 Å². The van der Waals surface area contributed by atoms with Crippen LogP contribution < -0.4 is 0 Å². The SMILES string of the molecule is CCOC(=O)c1cc(-c2ccc([N+](=O)[O-])nc2)cn2ncnc12. The number of carbonyl (C=O) groups is 1. The van der Waals surface area contributed by atoms with Crippen LogP contribution >= 0.6 is 0 Å². The molecule has 3 aromatic heterocycles. The van der Waals surface area contributed by atoms with E-state index >= 15 is 0 Å². The van der Waals surface area contributed by atoms with Crippen molar-refractivity contribution in [2.24, 2.45) is 0 Å². The zero-order valence-electron chi connectivity index (χ0n) is 12.0. The van der Waals surface area contributed by atoms with Gasteiger partial charge in [0.05, 0.1) is 6.61 Å². The average Bonchev–Trinajstić information content (AvgIpc) is 3.02. The number of rotatable bonds is 4. The van der Waals surface area contributed by atoms with Crippen molar-refractivity contribution in [2.75, 3.05) is 6.61 Å². The molecule has 0 saturated carbocycles. The summed E-state index contributed by atoms with van der Waals surface area (Å²) >= 11 is 0. The summed E-state index contributed by atoms with van der Waals surface area (Å²) in [6, 6.07) is 4.45. The fourth-order valence-electron chi connectivity index (χ4n) is 2.11. The van der Waals surface area contributed by atoms with Gasteiger partial charge >= 0.3 is 11.8 Å². The molecule has 0 aliphatic carbocycles. The largest absolute Gasteiger partial charge is 0.462 e. The van der Waals surface area contributed by atoms with Gasteiger partial charge in [-0.05, 0) is 29.0 Å². The Bertz CT molecular complexity index is 888. The van der Waals surface area contributed by atoms with Gasteiger partial charge in [-0.2, -0.15) is 5.10 Å². The second-order valence-electron chi connectivity index (χ2n) is 4.55. The monoisotopic (exact) mass is 313 g/mol. The minimum absolute atomic E-state index is 0.239. The quantitative estimate of drug-likeness (QED) is 0.410. The van der Waals surface area contributed by atoms with Crippen LogP contribution in [0.4, 0.5) is 5.82 Å². The first-order valence-electron chi connectivity index (χ1n) is 6.71. The van der Waals surface area contributed by atoms with Crippen molar-refractivity contribution >= 4 is 17.4 Å². The van der Waals surface area contributed by atoms with Gasteiger partial charge in [0.2, 0.25) is 0 Å². The number of hydrogen-bond donors (Lipinski definition) is 0. The second-order valence-corrected chi connectivity index (χ2v) is 4.55. The molecule has 0 aliphatic rings. The van der Waals surface area contributed by atoms with E-state index in [2.05, 4.69) is 15.1 Å². The van der Waals surface area contributed by atoms with Crippen molar-refractivity contribution in [3.63, 3.8) is 0 Å². The molecule has 3 aromatic rings. The zero-order chi connectivity index (χ0) is 16.4. The van der Waals surface area contributed by atoms with E-state index in [4.69, 9.17) is 4.74 Å². The Morgan fingerprint density at radius 2 is 2.17 bits per heavy atom. The molecular formula is C14H11N5O4. The van der Waals surface area contributed by atoms with Gasteiger partial charge in [-0.25, -0.2) is 14.3 Å². The Hall–Kier alpha value is -3.36. The first-order valence-corrected chi connectivity index (χ1v) is 6.71. The lowest BCUT2D eigenvalue weighted by Crippen LogP contribution is -2.08. The first kappa shape index (κ1) is 14.6. The van der Waals surface area contributed by atoms with Gasteiger partial charge in [0.25, 0.3) is 0 Å². The molecule has 23 heavy (non-hydrogen) atoms. The maximum Gasteiger partial charge on any atom is 0.363 e. The van der Waals surface area contributed by atoms with Crippen LogP contribution in [0, 0.1) is 10.1 Å². The van der Waals surface area contributed by atoms with Crippen LogP contribution in [0.5, 0.6) is 0 Å². The highest BCUT2D eigenvalue weighted by Crippen LogP contribution is 2.23. The second kappa shape index (κ2) is 5.79. The fourth-order valence-corrected chi connectivity index (χ4v) is 2.11. The molecule has 0 atom stereocenters. The Balaban J connectivity index is 2.10. The van der Waals surface area contributed by atoms with Gasteiger partial charge in [0.15, 0.2) is 5.65 Å². The number of ether oxygens (including phenoxy) is 1. The lowest BCUT2D eigenvalue weighted by molar-refractivity contribution is -0.389. The number of aromatic nitrogens is 4. The van der Waals surface area contributed by atoms with Gasteiger partial charge in [0, 0.05) is 23.4 Å². The molecule has 9 nitrogen and oxygen atoms in total. The van der Waals surface area contributed by atoms with Crippen LogP contribution in [-0.4, -0.2) is 37.1 Å². The van der Waals surface area contributed by atoms with E-state index < -0.39 is 10.9 Å². The highest BCUT2D eigenvalue weighted by molar-refractivity contribution is 5.97. The molecule has 0 amide bonds. The number of fused-ring (bicyclic) bond motifs is 1. The summed E-state index contributed by atoms with van der Waals surface area (Å²) in [7, 11) is 0. The number of pyridine rings is 2. The lowest BCUT2D eigenvalue weighted by Gasteiger charge is -2.06. The summed E-state index contributed by atoms with van der Waals surface area (Å²) in [5.74, 6) is -0.761. The van der Waals surface area contributed by atoms with Gasteiger partial charge in [-0.3, -0.25) is 0 Å². The Morgan fingerprint density at radius 1 is 1.35 bits per heavy atom. The van der Waals surface area contributed by atoms with Crippen molar-refractivity contribution in [1.29, 1.82) is 0 Å². The van der Waals surface area contributed by atoms with Gasteiger partial charge in [-0.15, -0.1) is 0 Å². The molecule has 0 spiro atoms. The zero-order valence-corrected chi connectivity index (χ0v) is 12.0. The molecule has 0 aromatic carbocycles. The molecule has 0 aliphatic heterocycles. The Labute approximate surface area is 129 Å². The molecule has 0 bridgehead atoms. The van der Waals surface area contributed by atoms with Gasteiger partial charge < -0.3 is 14.9 Å². The van der Waals surface area contributed by atoms with Gasteiger partial charge in [0.1, 0.15) is 18.1 Å². The van der Waals surface area contributed by atoms with Crippen molar-refractivity contribution in [3.8, 4) is 11.1 Å². The molecule has 9 heteroatoms. The average molecular weight is 313 g/mol. The van der Waals surface area contributed by atoms with E-state index in [1.165, 1.54) is 23.1 Å². The maximum atomic E-state index is 12.1. The lowest BCUT2D eigenvalue weighted by atomic mass is 10.1. The van der Waals surface area contributed by atoms with E-state index in [-0.39, 0.29) is 18.0 Å². The van der Waals surface area contributed by atoms with Crippen LogP contribution in [0.25, 0.3) is 16.8 Å². The number of hydrogen-bond acceptors (Lipinski definition) is 7. The summed E-state index contributed by atoms with van der Waals surface area (Å²) in [6.07, 6.45) is 4.36. The molecule has 0 N–H and O–H groups in total. The third kappa shape index (κ3) is 2.71. The van der Waals surface area contributed by atoms with Crippen molar-refractivity contribution < 1.29 is 14.5 Å². The van der Waals surface area contributed by atoms with Crippen LogP contribution in [0.1, 0.15) is 17.3 Å². The van der Waals surface area contributed by atoms with E-state index in [0.29, 0.717) is 16.8 Å². The smallest absolute Gasteiger partial charge is 0.363 e. The number of nitro groups is 1. The molecule has 3 rings (SSSR count). The topological polar surface area (TPSA) is 113 Å². The summed E-state index contributed by atoms with van der Waals surface area (Å²) < 4.78 is 6.47. The Morgan fingerprint density at radius 3 is 2.83 bits per heavy atom. The molecule has 0 saturated heterocycles. The van der Waals surface area contributed by atoms with E-state index in [9.17, 15) is 14.9 Å². The minimum Gasteiger partial charge on any atom is -0.462 e. The van der Waals surface area contributed by atoms with E-state index in [0.717, 1.165) is 0 Å². The van der Waals surface area contributed by atoms with Gasteiger partial charge in [-0.1, -0.05) is 0 Å². The summed E-state index contributed by atoms with van der Waals surface area (Å²) in [6.45, 7) is 1.95. The summed E-state index contributed by atoms with van der Waals surface area (Å²) in [4.78, 5) is 30.0. The summed E-state index contributed by atoms with van der Waals surface area (Å²) in [5.41, 5.74) is 1.87. The number of carbonyl (C=O) groups excluding carboxylic acids is 1. The minimum atomic E-state index is -0.575. The van der Waals surface area contributed by atoms with Crippen LogP contribution in [0.2, 0.25) is 0 Å². The normalized spacial score (nSPS) is 10.7. The molecular weight excluding hydrogens is 302 g/mol. The first-order chi connectivity index (χ1) is 11.1. The Kier molecular flexibility index (Phi) is 3.67. The van der Waals surface area contributed by atoms with E-state index in [1.54, 1.807) is 25.3 Å². The maximum absolute atomic E-state index is 12.1. The number of esters is 1. The van der Waals surface area contributed by atoms with Crippen molar-refractivity contribution in [3.05, 3.63) is 52.6 Å². The highest BCUT2D eigenvalue weighted by atomic mass is 16.6. The molecule has 0 radical (unpaired) electrons. The third-order valence-corrected chi connectivity index (χ3v) is 3.14. The standard InChI is InChI=1S/C14H11N5O4/c1-2-23-14(20)11-5-10(7-18-13(11)16-8-17-18)9-3-4-12(15-6-9)19(21)22/h3-8H,2H2,1H3. The molecule has 116 valence electrons. The van der Waals surface area contributed by atoms with Crippen molar-refractivity contribution in [1.82, 2.24) is 19.6 Å². The fraction of sp³-hybridized carbons (Fsp3) is 0.143. The van der Waals surface area contributed by atoms with Crippen LogP contribution in [0.3, 0.4) is 0 Å².